The third kappa shape index (κ3) is 2.70. The Morgan fingerprint density at radius 2 is 2.30 bits per heavy atom. The maximum absolute atomic E-state index is 11.2. The second-order valence-electron chi connectivity index (χ2n) is 4.99. The first-order valence-electron chi connectivity index (χ1n) is 6.83. The highest BCUT2D eigenvalue weighted by Gasteiger charge is 2.26. The van der Waals surface area contributed by atoms with Crippen LogP contribution in [0, 0.1) is 0 Å². The maximum Gasteiger partial charge on any atom is 0.407 e. The van der Waals surface area contributed by atoms with Crippen molar-refractivity contribution in [1.29, 1.82) is 0 Å². The lowest BCUT2D eigenvalue weighted by Gasteiger charge is -2.33. The van der Waals surface area contributed by atoms with Gasteiger partial charge in [0.25, 0.3) is 0 Å². The molecule has 0 unspecified atom stereocenters. The van der Waals surface area contributed by atoms with E-state index < -0.39 is 6.09 Å². The SMILES string of the molecule is O=C(O)N1CCCC[C@H]1CNc1nc2ccccc2s1. The molecular formula is C14H17N3O2S. The monoisotopic (exact) mass is 291 g/mol. The topological polar surface area (TPSA) is 65.5 Å². The van der Waals surface area contributed by atoms with Gasteiger partial charge >= 0.3 is 6.09 Å². The van der Waals surface area contributed by atoms with E-state index in [1.54, 1.807) is 16.2 Å². The Morgan fingerprint density at radius 1 is 1.45 bits per heavy atom. The van der Waals surface area contributed by atoms with Gasteiger partial charge in [0.2, 0.25) is 0 Å². The van der Waals surface area contributed by atoms with Crippen LogP contribution in [-0.2, 0) is 0 Å². The van der Waals surface area contributed by atoms with Crippen molar-refractivity contribution in [2.75, 3.05) is 18.4 Å². The lowest BCUT2D eigenvalue weighted by molar-refractivity contribution is 0.110. The second kappa shape index (κ2) is 5.66. The fourth-order valence-corrected chi connectivity index (χ4v) is 3.49. The Balaban J connectivity index is 1.67. The molecule has 2 heterocycles. The number of fused-ring (bicyclic) bond motifs is 1. The van der Waals surface area contributed by atoms with Crippen LogP contribution in [0.3, 0.4) is 0 Å². The molecule has 0 bridgehead atoms. The number of benzene rings is 1. The zero-order valence-corrected chi connectivity index (χ0v) is 11.9. The number of nitrogens with one attached hydrogen (secondary N) is 1. The zero-order chi connectivity index (χ0) is 13.9. The highest BCUT2D eigenvalue weighted by atomic mass is 32.1. The van der Waals surface area contributed by atoms with Crippen LogP contribution in [0.5, 0.6) is 0 Å². The minimum atomic E-state index is -0.819. The van der Waals surface area contributed by atoms with Crippen LogP contribution in [0.1, 0.15) is 19.3 Å². The van der Waals surface area contributed by atoms with Gasteiger partial charge < -0.3 is 15.3 Å². The first-order valence-corrected chi connectivity index (χ1v) is 7.65. The number of carboxylic acid groups (broad SMARTS) is 1. The van der Waals surface area contributed by atoms with Crippen LogP contribution in [0.15, 0.2) is 24.3 Å². The standard InChI is InChI=1S/C14H17N3O2S/c18-14(19)17-8-4-3-5-10(17)9-15-13-16-11-6-1-2-7-12(11)20-13/h1-2,6-7,10H,3-5,8-9H2,(H,15,16)(H,18,19)/t10-/m0/s1. The molecule has 106 valence electrons. The Labute approximate surface area is 121 Å². The number of piperidine rings is 1. The summed E-state index contributed by atoms with van der Waals surface area (Å²) in [4.78, 5) is 17.3. The third-order valence-corrected chi connectivity index (χ3v) is 4.65. The van der Waals surface area contributed by atoms with E-state index in [1.165, 1.54) is 0 Å². The molecule has 2 aromatic rings. The molecule has 1 fully saturated rings. The normalized spacial score (nSPS) is 19.2. The number of hydrogen-bond donors (Lipinski definition) is 2. The average molecular weight is 291 g/mol. The summed E-state index contributed by atoms with van der Waals surface area (Å²) in [5, 5.41) is 13.4. The molecule has 0 saturated carbocycles. The summed E-state index contributed by atoms with van der Waals surface area (Å²) in [7, 11) is 0. The maximum atomic E-state index is 11.2. The quantitative estimate of drug-likeness (QED) is 0.911. The Morgan fingerprint density at radius 3 is 3.10 bits per heavy atom. The number of thiazole rings is 1. The van der Waals surface area contributed by atoms with Crippen molar-refractivity contribution in [2.24, 2.45) is 0 Å². The van der Waals surface area contributed by atoms with Crippen molar-refractivity contribution in [3.63, 3.8) is 0 Å². The molecule has 0 radical (unpaired) electrons. The van der Waals surface area contributed by atoms with E-state index in [-0.39, 0.29) is 6.04 Å². The minimum Gasteiger partial charge on any atom is -0.465 e. The summed E-state index contributed by atoms with van der Waals surface area (Å²) in [6.07, 6.45) is 2.16. The fourth-order valence-electron chi connectivity index (χ4n) is 2.62. The summed E-state index contributed by atoms with van der Waals surface area (Å²) < 4.78 is 1.15. The van der Waals surface area contributed by atoms with E-state index in [9.17, 15) is 9.90 Å². The highest BCUT2D eigenvalue weighted by molar-refractivity contribution is 7.22. The van der Waals surface area contributed by atoms with Crippen LogP contribution >= 0.6 is 11.3 Å². The van der Waals surface area contributed by atoms with Crippen molar-refractivity contribution in [2.45, 2.75) is 25.3 Å². The van der Waals surface area contributed by atoms with Gasteiger partial charge in [0.15, 0.2) is 5.13 Å². The van der Waals surface area contributed by atoms with E-state index in [1.807, 2.05) is 24.3 Å². The Kier molecular flexibility index (Phi) is 3.73. The molecule has 6 heteroatoms. The molecule has 1 aliphatic rings. The summed E-state index contributed by atoms with van der Waals surface area (Å²) in [5.41, 5.74) is 0.985. The van der Waals surface area contributed by atoms with E-state index in [2.05, 4.69) is 10.3 Å². The van der Waals surface area contributed by atoms with Gasteiger partial charge in [-0.15, -0.1) is 0 Å². The molecule has 2 N–H and O–H groups in total. The number of anilines is 1. The molecule has 1 saturated heterocycles. The number of aromatic nitrogens is 1. The van der Waals surface area contributed by atoms with Gasteiger partial charge in [0.1, 0.15) is 0 Å². The lowest BCUT2D eigenvalue weighted by atomic mass is 10.0. The Hall–Kier alpha value is -1.82. The van der Waals surface area contributed by atoms with E-state index in [4.69, 9.17) is 0 Å². The van der Waals surface area contributed by atoms with Gasteiger partial charge in [0.05, 0.1) is 16.3 Å². The molecule has 1 aromatic heterocycles. The van der Waals surface area contributed by atoms with Crippen LogP contribution in [0.25, 0.3) is 10.2 Å². The average Bonchev–Trinajstić information content (AvgIpc) is 2.88. The van der Waals surface area contributed by atoms with E-state index >= 15 is 0 Å². The summed E-state index contributed by atoms with van der Waals surface area (Å²) in [5.74, 6) is 0. The van der Waals surface area contributed by atoms with Crippen LogP contribution < -0.4 is 5.32 Å². The predicted molar refractivity (Wildman–Crippen MR) is 80.5 cm³/mol. The van der Waals surface area contributed by atoms with Crippen molar-refractivity contribution < 1.29 is 9.90 Å². The smallest absolute Gasteiger partial charge is 0.407 e. The highest BCUT2D eigenvalue weighted by Crippen LogP contribution is 2.26. The van der Waals surface area contributed by atoms with Gasteiger partial charge in [-0.25, -0.2) is 9.78 Å². The molecule has 1 atom stereocenters. The number of nitrogens with zero attached hydrogens (tertiary/aromatic N) is 2. The van der Waals surface area contributed by atoms with Gasteiger partial charge in [-0.3, -0.25) is 0 Å². The predicted octanol–water partition coefficient (Wildman–Crippen LogP) is 3.24. The number of hydrogen-bond acceptors (Lipinski definition) is 4. The summed E-state index contributed by atoms with van der Waals surface area (Å²) in [6.45, 7) is 1.27. The second-order valence-corrected chi connectivity index (χ2v) is 6.02. The van der Waals surface area contributed by atoms with Gasteiger partial charge in [0, 0.05) is 13.1 Å². The fraction of sp³-hybridized carbons (Fsp3) is 0.429. The largest absolute Gasteiger partial charge is 0.465 e. The van der Waals surface area contributed by atoms with Gasteiger partial charge in [-0.2, -0.15) is 0 Å². The van der Waals surface area contributed by atoms with Gasteiger partial charge in [-0.1, -0.05) is 23.5 Å². The Bertz CT molecular complexity index is 580. The molecule has 1 amide bonds. The molecular weight excluding hydrogens is 274 g/mol. The van der Waals surface area contributed by atoms with Crippen molar-refractivity contribution in [3.05, 3.63) is 24.3 Å². The first-order chi connectivity index (χ1) is 9.74. The molecule has 0 aliphatic carbocycles. The molecule has 5 nitrogen and oxygen atoms in total. The van der Waals surface area contributed by atoms with E-state index in [0.29, 0.717) is 13.1 Å². The summed E-state index contributed by atoms with van der Waals surface area (Å²) in [6, 6.07) is 8.05. The number of rotatable bonds is 3. The molecule has 0 spiro atoms. The molecule has 1 aliphatic heterocycles. The van der Waals surface area contributed by atoms with E-state index in [0.717, 1.165) is 34.6 Å². The van der Waals surface area contributed by atoms with Crippen molar-refractivity contribution in [1.82, 2.24) is 9.88 Å². The third-order valence-electron chi connectivity index (χ3n) is 3.66. The van der Waals surface area contributed by atoms with Crippen LogP contribution in [0.2, 0.25) is 0 Å². The molecule has 3 rings (SSSR count). The lowest BCUT2D eigenvalue weighted by Crippen LogP contribution is -2.46. The van der Waals surface area contributed by atoms with Gasteiger partial charge in [-0.05, 0) is 31.4 Å². The number of likely N-dealkylation sites (tertiary alicyclic amines) is 1. The first kappa shape index (κ1) is 13.2. The number of carbonyl (C=O) groups is 1. The number of amides is 1. The molecule has 20 heavy (non-hydrogen) atoms. The van der Waals surface area contributed by atoms with Crippen LogP contribution in [0.4, 0.5) is 9.93 Å². The number of para-hydroxylation sites is 1. The van der Waals surface area contributed by atoms with Crippen molar-refractivity contribution in [3.8, 4) is 0 Å². The summed E-state index contributed by atoms with van der Waals surface area (Å²) >= 11 is 1.61. The minimum absolute atomic E-state index is 0.0493. The van der Waals surface area contributed by atoms with Crippen LogP contribution in [-0.4, -0.2) is 40.2 Å². The van der Waals surface area contributed by atoms with Crippen molar-refractivity contribution >= 4 is 32.8 Å². The zero-order valence-electron chi connectivity index (χ0n) is 11.1. The molecule has 1 aromatic carbocycles.